The van der Waals surface area contributed by atoms with E-state index in [1.807, 2.05) is 36.4 Å². The molecule has 18 heavy (non-hydrogen) atoms. The summed E-state index contributed by atoms with van der Waals surface area (Å²) in [5, 5.41) is 0. The number of nitrogens with one attached hydrogen (secondary N) is 1. The number of hydrogen-bond donors (Lipinski definition) is 2. The monoisotopic (exact) mass is 242 g/mol. The molecule has 1 aromatic carbocycles. The Morgan fingerprint density at radius 1 is 1.22 bits per heavy atom. The van der Waals surface area contributed by atoms with Crippen molar-refractivity contribution in [1.82, 2.24) is 9.97 Å². The van der Waals surface area contributed by atoms with Gasteiger partial charge in [-0.25, -0.2) is 15.8 Å². The zero-order chi connectivity index (χ0) is 13.0. The zero-order valence-corrected chi connectivity index (χ0v) is 10.7. The molecular weight excluding hydrogens is 224 g/mol. The first kappa shape index (κ1) is 12.5. The first-order chi connectivity index (χ1) is 8.74. The lowest BCUT2D eigenvalue weighted by Crippen LogP contribution is -2.12. The van der Waals surface area contributed by atoms with Crippen LogP contribution >= 0.6 is 0 Å². The molecule has 3 N–H and O–H groups in total. The summed E-state index contributed by atoms with van der Waals surface area (Å²) in [6, 6.07) is 11.9. The second kappa shape index (κ2) is 5.60. The molecule has 4 nitrogen and oxygen atoms in total. The molecule has 4 heteroatoms. The summed E-state index contributed by atoms with van der Waals surface area (Å²) in [4.78, 5) is 9.02. The maximum absolute atomic E-state index is 5.47. The normalized spacial score (nSPS) is 12.2. The van der Waals surface area contributed by atoms with E-state index in [-0.39, 0.29) is 0 Å². The Balaban J connectivity index is 2.48. The van der Waals surface area contributed by atoms with E-state index in [9.17, 15) is 0 Å². The van der Waals surface area contributed by atoms with E-state index in [4.69, 9.17) is 5.84 Å². The Morgan fingerprint density at radius 2 is 1.94 bits per heavy atom. The number of aromatic nitrogens is 2. The molecule has 1 aromatic heterocycles. The highest BCUT2D eigenvalue weighted by molar-refractivity contribution is 5.62. The van der Waals surface area contributed by atoms with Gasteiger partial charge in [-0.3, -0.25) is 0 Å². The van der Waals surface area contributed by atoms with E-state index >= 15 is 0 Å². The molecular formula is C14H18N4. The second-order valence-electron chi connectivity index (χ2n) is 4.32. The van der Waals surface area contributed by atoms with Crippen LogP contribution in [0.5, 0.6) is 0 Å². The van der Waals surface area contributed by atoms with Crippen LogP contribution in [0.4, 0.5) is 5.82 Å². The lowest BCUT2D eigenvalue weighted by molar-refractivity contribution is 0.680. The number of nitrogen functional groups attached to an aromatic ring is 1. The molecule has 0 aliphatic carbocycles. The van der Waals surface area contributed by atoms with E-state index in [0.717, 1.165) is 23.5 Å². The largest absolute Gasteiger partial charge is 0.308 e. The minimum absolute atomic E-state index is 0.320. The van der Waals surface area contributed by atoms with Crippen molar-refractivity contribution in [1.29, 1.82) is 0 Å². The van der Waals surface area contributed by atoms with Crippen LogP contribution in [-0.4, -0.2) is 9.97 Å². The van der Waals surface area contributed by atoms with Gasteiger partial charge >= 0.3 is 0 Å². The molecule has 1 atom stereocenters. The molecule has 0 amide bonds. The minimum Gasteiger partial charge on any atom is -0.308 e. The molecule has 0 aliphatic heterocycles. The number of nitrogens with zero attached hydrogens (tertiary/aromatic N) is 2. The highest BCUT2D eigenvalue weighted by atomic mass is 15.3. The van der Waals surface area contributed by atoms with Gasteiger partial charge in [-0.05, 0) is 6.42 Å². The maximum atomic E-state index is 5.47. The molecule has 0 spiro atoms. The molecule has 0 radical (unpaired) electrons. The smallest absolute Gasteiger partial charge is 0.144 e. The van der Waals surface area contributed by atoms with Crippen molar-refractivity contribution in [2.75, 3.05) is 5.43 Å². The van der Waals surface area contributed by atoms with Gasteiger partial charge in [0.2, 0.25) is 0 Å². The number of nitrogens with two attached hydrogens (primary N) is 1. The highest BCUT2D eigenvalue weighted by Gasteiger charge is 2.10. The fourth-order valence-corrected chi connectivity index (χ4v) is 1.70. The first-order valence-corrected chi connectivity index (χ1v) is 6.15. The molecule has 0 bridgehead atoms. The first-order valence-electron chi connectivity index (χ1n) is 6.15. The summed E-state index contributed by atoms with van der Waals surface area (Å²) in [6.07, 6.45) is 1.00. The van der Waals surface area contributed by atoms with Crippen LogP contribution in [0.3, 0.4) is 0 Å². The van der Waals surface area contributed by atoms with E-state index in [0.29, 0.717) is 11.7 Å². The van der Waals surface area contributed by atoms with Crippen LogP contribution in [0.25, 0.3) is 11.3 Å². The minimum atomic E-state index is 0.320. The Bertz CT molecular complexity index is 510. The molecule has 0 saturated carbocycles. The lowest BCUT2D eigenvalue weighted by atomic mass is 10.1. The third kappa shape index (κ3) is 2.65. The molecule has 2 aromatic rings. The van der Waals surface area contributed by atoms with Gasteiger partial charge in [0.05, 0.1) is 5.69 Å². The van der Waals surface area contributed by atoms with Crippen LogP contribution in [0.1, 0.15) is 32.0 Å². The van der Waals surface area contributed by atoms with Crippen LogP contribution in [0.15, 0.2) is 36.4 Å². The average Bonchev–Trinajstić information content (AvgIpc) is 2.46. The predicted octanol–water partition coefficient (Wildman–Crippen LogP) is 2.94. The van der Waals surface area contributed by atoms with Crippen molar-refractivity contribution in [3.05, 3.63) is 42.2 Å². The van der Waals surface area contributed by atoms with Crippen molar-refractivity contribution in [2.45, 2.75) is 26.2 Å². The van der Waals surface area contributed by atoms with Gasteiger partial charge in [0.15, 0.2) is 0 Å². The summed E-state index contributed by atoms with van der Waals surface area (Å²) in [5.74, 6) is 7.26. The number of anilines is 1. The van der Waals surface area contributed by atoms with Gasteiger partial charge in [0, 0.05) is 17.5 Å². The zero-order valence-electron chi connectivity index (χ0n) is 10.7. The van der Waals surface area contributed by atoms with Crippen LogP contribution in [-0.2, 0) is 0 Å². The lowest BCUT2D eigenvalue weighted by Gasteiger charge is -2.11. The maximum Gasteiger partial charge on any atom is 0.144 e. The standard InChI is InChI=1S/C14H18N4/c1-3-10(2)14-16-12(9-13(17-14)18-15)11-7-5-4-6-8-11/h4-10H,3,15H2,1-2H3,(H,16,17,18). The predicted molar refractivity (Wildman–Crippen MR) is 74.0 cm³/mol. The Morgan fingerprint density at radius 3 is 2.56 bits per heavy atom. The Labute approximate surface area is 107 Å². The highest BCUT2D eigenvalue weighted by Crippen LogP contribution is 2.23. The van der Waals surface area contributed by atoms with Gasteiger partial charge < -0.3 is 5.43 Å². The van der Waals surface area contributed by atoms with Crippen molar-refractivity contribution in [3.63, 3.8) is 0 Å². The summed E-state index contributed by atoms with van der Waals surface area (Å²) in [6.45, 7) is 4.24. The Kier molecular flexibility index (Phi) is 3.89. The summed E-state index contributed by atoms with van der Waals surface area (Å²) < 4.78 is 0. The SMILES string of the molecule is CCC(C)c1nc(NN)cc(-c2ccccc2)n1. The van der Waals surface area contributed by atoms with Crippen molar-refractivity contribution in [2.24, 2.45) is 5.84 Å². The molecule has 0 saturated heterocycles. The molecule has 1 unspecified atom stereocenters. The fourth-order valence-electron chi connectivity index (χ4n) is 1.70. The molecule has 94 valence electrons. The summed E-state index contributed by atoms with van der Waals surface area (Å²) >= 11 is 0. The van der Waals surface area contributed by atoms with E-state index in [1.54, 1.807) is 0 Å². The summed E-state index contributed by atoms with van der Waals surface area (Å²) in [7, 11) is 0. The van der Waals surface area contributed by atoms with Crippen molar-refractivity contribution >= 4 is 5.82 Å². The fraction of sp³-hybridized carbons (Fsp3) is 0.286. The van der Waals surface area contributed by atoms with Gasteiger partial charge in [-0.15, -0.1) is 0 Å². The molecule has 1 heterocycles. The molecule has 0 aliphatic rings. The van der Waals surface area contributed by atoms with E-state index < -0.39 is 0 Å². The second-order valence-corrected chi connectivity index (χ2v) is 4.32. The van der Waals surface area contributed by atoms with Crippen molar-refractivity contribution in [3.8, 4) is 11.3 Å². The van der Waals surface area contributed by atoms with Gasteiger partial charge in [0.25, 0.3) is 0 Å². The Hall–Kier alpha value is -1.94. The van der Waals surface area contributed by atoms with E-state index in [2.05, 4.69) is 29.2 Å². The van der Waals surface area contributed by atoms with E-state index in [1.165, 1.54) is 0 Å². The van der Waals surface area contributed by atoms with Gasteiger partial charge in [-0.2, -0.15) is 0 Å². The average molecular weight is 242 g/mol. The number of hydrazine groups is 1. The molecule has 0 fully saturated rings. The van der Waals surface area contributed by atoms with Crippen LogP contribution in [0, 0.1) is 0 Å². The third-order valence-electron chi connectivity index (χ3n) is 3.01. The number of benzene rings is 1. The van der Waals surface area contributed by atoms with Gasteiger partial charge in [0.1, 0.15) is 11.6 Å². The quantitative estimate of drug-likeness (QED) is 0.639. The van der Waals surface area contributed by atoms with Crippen molar-refractivity contribution < 1.29 is 0 Å². The number of rotatable bonds is 4. The van der Waals surface area contributed by atoms with Gasteiger partial charge in [-0.1, -0.05) is 44.2 Å². The third-order valence-corrected chi connectivity index (χ3v) is 3.01. The summed E-state index contributed by atoms with van der Waals surface area (Å²) in [5.41, 5.74) is 4.57. The van der Waals surface area contributed by atoms with Crippen LogP contribution in [0.2, 0.25) is 0 Å². The number of hydrogen-bond acceptors (Lipinski definition) is 4. The van der Waals surface area contributed by atoms with Crippen LogP contribution < -0.4 is 11.3 Å². The topological polar surface area (TPSA) is 63.8 Å². The molecule has 2 rings (SSSR count).